The van der Waals surface area contributed by atoms with Crippen molar-refractivity contribution in [2.45, 2.75) is 38.5 Å². The van der Waals surface area contributed by atoms with E-state index in [9.17, 15) is 4.79 Å². The number of ether oxygens (including phenoxy) is 1. The van der Waals surface area contributed by atoms with Crippen molar-refractivity contribution in [2.75, 3.05) is 19.7 Å². The van der Waals surface area contributed by atoms with Crippen LogP contribution in [0, 0.1) is 6.92 Å². The van der Waals surface area contributed by atoms with Crippen LogP contribution >= 0.6 is 0 Å². The Hall–Kier alpha value is -2.30. The molecule has 0 aliphatic carbocycles. The minimum absolute atomic E-state index is 0.226. The Balaban J connectivity index is 1.43. The molecule has 1 aliphatic rings. The van der Waals surface area contributed by atoms with Gasteiger partial charge in [0.25, 0.3) is 0 Å². The zero-order valence-electron chi connectivity index (χ0n) is 14.2. The molecule has 1 saturated heterocycles. The molecule has 1 fully saturated rings. The van der Waals surface area contributed by atoms with Crippen molar-refractivity contribution in [3.8, 4) is 5.75 Å². The largest absolute Gasteiger partial charge is 0.494 e. The fraction of sp³-hybridized carbons (Fsp3) is 0.474. The number of carbonyl (C=O) groups is 1. The third kappa shape index (κ3) is 4.37. The molecular formula is C19H25N3O2. The molecule has 1 aromatic heterocycles. The van der Waals surface area contributed by atoms with Gasteiger partial charge in [-0.05, 0) is 44.4 Å². The van der Waals surface area contributed by atoms with Crippen LogP contribution < -0.4 is 4.74 Å². The number of aryl methyl sites for hydroxylation is 1. The Bertz CT molecular complexity index is 654. The second-order valence-corrected chi connectivity index (χ2v) is 6.42. The third-order valence-electron chi connectivity index (χ3n) is 4.47. The quantitative estimate of drug-likeness (QED) is 0.828. The fourth-order valence-electron chi connectivity index (χ4n) is 3.18. The number of nitrogens with zero attached hydrogens (tertiary/aromatic N) is 2. The third-order valence-corrected chi connectivity index (χ3v) is 4.47. The summed E-state index contributed by atoms with van der Waals surface area (Å²) in [5.41, 5.74) is 2.16. The van der Waals surface area contributed by atoms with Crippen LogP contribution in [-0.2, 0) is 4.79 Å². The molecule has 0 bridgehead atoms. The van der Waals surface area contributed by atoms with E-state index in [4.69, 9.17) is 4.74 Å². The van der Waals surface area contributed by atoms with Crippen molar-refractivity contribution >= 4 is 5.91 Å². The molecule has 1 amide bonds. The van der Waals surface area contributed by atoms with Crippen molar-refractivity contribution < 1.29 is 9.53 Å². The SMILES string of the molecule is Cc1cc([C@@H]2CCCN(C(=O)CCCOc3ccccc3)C2)n[nH]1. The zero-order valence-corrected chi connectivity index (χ0v) is 14.2. The van der Waals surface area contributed by atoms with Gasteiger partial charge in [-0.3, -0.25) is 9.89 Å². The van der Waals surface area contributed by atoms with E-state index in [1.165, 1.54) is 0 Å². The average molecular weight is 327 g/mol. The molecule has 128 valence electrons. The minimum atomic E-state index is 0.226. The summed E-state index contributed by atoms with van der Waals surface area (Å²) >= 11 is 0. The lowest BCUT2D eigenvalue weighted by atomic mass is 9.94. The van der Waals surface area contributed by atoms with Gasteiger partial charge < -0.3 is 9.64 Å². The summed E-state index contributed by atoms with van der Waals surface area (Å²) in [6.45, 7) is 4.22. The molecule has 2 aromatic rings. The van der Waals surface area contributed by atoms with Gasteiger partial charge in [0.1, 0.15) is 5.75 Å². The van der Waals surface area contributed by atoms with Crippen LogP contribution in [0.25, 0.3) is 0 Å². The zero-order chi connectivity index (χ0) is 16.8. The number of hydrogen-bond acceptors (Lipinski definition) is 3. The number of likely N-dealkylation sites (tertiary alicyclic amines) is 1. The normalized spacial score (nSPS) is 17.7. The summed E-state index contributed by atoms with van der Waals surface area (Å²) in [6, 6.07) is 11.8. The van der Waals surface area contributed by atoms with Crippen molar-refractivity contribution in [1.82, 2.24) is 15.1 Å². The van der Waals surface area contributed by atoms with Gasteiger partial charge in [0, 0.05) is 31.1 Å². The van der Waals surface area contributed by atoms with Crippen molar-refractivity contribution in [3.05, 3.63) is 47.8 Å². The Morgan fingerprint density at radius 2 is 2.21 bits per heavy atom. The number of hydrogen-bond donors (Lipinski definition) is 1. The van der Waals surface area contributed by atoms with E-state index in [1.54, 1.807) is 0 Å². The Labute approximate surface area is 143 Å². The highest BCUT2D eigenvalue weighted by Crippen LogP contribution is 2.26. The molecule has 0 spiro atoms. The number of para-hydroxylation sites is 1. The van der Waals surface area contributed by atoms with E-state index < -0.39 is 0 Å². The fourth-order valence-corrected chi connectivity index (χ4v) is 3.18. The van der Waals surface area contributed by atoms with Gasteiger partial charge in [0.05, 0.1) is 12.3 Å². The molecule has 3 rings (SSSR count). The molecule has 1 aromatic carbocycles. The molecule has 5 heteroatoms. The Morgan fingerprint density at radius 1 is 1.38 bits per heavy atom. The maximum Gasteiger partial charge on any atom is 0.222 e. The molecule has 0 unspecified atom stereocenters. The van der Waals surface area contributed by atoms with Crippen LogP contribution in [0.5, 0.6) is 5.75 Å². The lowest BCUT2D eigenvalue weighted by Gasteiger charge is -2.32. The summed E-state index contributed by atoms with van der Waals surface area (Å²) in [6.07, 6.45) is 3.43. The smallest absolute Gasteiger partial charge is 0.222 e. The standard InChI is InChI=1S/C19H25N3O2/c1-15-13-18(21-20-15)16-7-5-11-22(14-16)19(23)10-6-12-24-17-8-3-2-4-9-17/h2-4,8-9,13,16H,5-7,10-12,14H2,1H3,(H,20,21)/t16-/m1/s1. The first-order chi connectivity index (χ1) is 11.7. The van der Waals surface area contributed by atoms with E-state index >= 15 is 0 Å². The summed E-state index contributed by atoms with van der Waals surface area (Å²) in [7, 11) is 0. The van der Waals surface area contributed by atoms with E-state index in [-0.39, 0.29) is 5.91 Å². The second kappa shape index (κ2) is 7.99. The van der Waals surface area contributed by atoms with Gasteiger partial charge in [-0.15, -0.1) is 0 Å². The molecular weight excluding hydrogens is 302 g/mol. The highest BCUT2D eigenvalue weighted by molar-refractivity contribution is 5.76. The minimum Gasteiger partial charge on any atom is -0.494 e. The maximum atomic E-state index is 12.4. The molecule has 24 heavy (non-hydrogen) atoms. The number of aromatic amines is 1. The summed E-state index contributed by atoms with van der Waals surface area (Å²) in [5.74, 6) is 1.44. The summed E-state index contributed by atoms with van der Waals surface area (Å²) < 4.78 is 5.65. The van der Waals surface area contributed by atoms with Crippen molar-refractivity contribution in [3.63, 3.8) is 0 Å². The highest BCUT2D eigenvalue weighted by atomic mass is 16.5. The van der Waals surface area contributed by atoms with E-state index in [0.29, 0.717) is 18.9 Å². The van der Waals surface area contributed by atoms with Crippen molar-refractivity contribution in [1.29, 1.82) is 0 Å². The molecule has 1 atom stereocenters. The van der Waals surface area contributed by atoms with E-state index in [2.05, 4.69) is 16.3 Å². The van der Waals surface area contributed by atoms with Gasteiger partial charge in [-0.2, -0.15) is 5.10 Å². The molecule has 1 aliphatic heterocycles. The predicted molar refractivity (Wildman–Crippen MR) is 93.1 cm³/mol. The maximum absolute atomic E-state index is 12.4. The Morgan fingerprint density at radius 3 is 2.96 bits per heavy atom. The number of piperidine rings is 1. The Kier molecular flexibility index (Phi) is 5.51. The number of benzene rings is 1. The van der Waals surface area contributed by atoms with E-state index in [0.717, 1.165) is 49.5 Å². The highest BCUT2D eigenvalue weighted by Gasteiger charge is 2.25. The lowest BCUT2D eigenvalue weighted by Crippen LogP contribution is -2.39. The second-order valence-electron chi connectivity index (χ2n) is 6.42. The summed E-state index contributed by atoms with van der Waals surface area (Å²) in [4.78, 5) is 14.4. The van der Waals surface area contributed by atoms with Gasteiger partial charge in [-0.1, -0.05) is 18.2 Å². The number of carbonyl (C=O) groups excluding carboxylic acids is 1. The molecule has 0 radical (unpaired) electrons. The molecule has 0 saturated carbocycles. The molecule has 1 N–H and O–H groups in total. The van der Waals surface area contributed by atoms with Gasteiger partial charge in [-0.25, -0.2) is 0 Å². The van der Waals surface area contributed by atoms with Gasteiger partial charge in [0.2, 0.25) is 5.91 Å². The van der Waals surface area contributed by atoms with Crippen LogP contribution in [0.15, 0.2) is 36.4 Å². The number of amides is 1. The average Bonchev–Trinajstić information content (AvgIpc) is 3.06. The number of aromatic nitrogens is 2. The lowest BCUT2D eigenvalue weighted by molar-refractivity contribution is -0.132. The van der Waals surface area contributed by atoms with Crippen LogP contribution in [0.2, 0.25) is 0 Å². The van der Waals surface area contributed by atoms with E-state index in [1.807, 2.05) is 42.2 Å². The molecule has 2 heterocycles. The van der Waals surface area contributed by atoms with Crippen LogP contribution in [0.4, 0.5) is 0 Å². The molecule has 5 nitrogen and oxygen atoms in total. The monoisotopic (exact) mass is 327 g/mol. The number of H-pyrrole nitrogens is 1. The van der Waals surface area contributed by atoms with Crippen molar-refractivity contribution in [2.24, 2.45) is 0 Å². The van der Waals surface area contributed by atoms with Gasteiger partial charge in [0.15, 0.2) is 0 Å². The number of nitrogens with one attached hydrogen (secondary N) is 1. The first kappa shape index (κ1) is 16.6. The summed E-state index contributed by atoms with van der Waals surface area (Å²) in [5, 5.41) is 7.36. The topological polar surface area (TPSA) is 58.2 Å². The predicted octanol–water partition coefficient (Wildman–Crippen LogP) is 3.28. The van der Waals surface area contributed by atoms with Gasteiger partial charge >= 0.3 is 0 Å². The first-order valence-corrected chi connectivity index (χ1v) is 8.70. The first-order valence-electron chi connectivity index (χ1n) is 8.70. The van der Waals surface area contributed by atoms with Crippen LogP contribution in [0.3, 0.4) is 0 Å². The number of rotatable bonds is 6. The van der Waals surface area contributed by atoms with Crippen LogP contribution in [0.1, 0.15) is 43.0 Å². The van der Waals surface area contributed by atoms with Crippen LogP contribution in [-0.4, -0.2) is 40.7 Å².